The molecule has 0 aliphatic carbocycles. The van der Waals surface area contributed by atoms with Crippen LogP contribution in [0.3, 0.4) is 0 Å². The molecule has 2 unspecified atom stereocenters. The molecule has 0 amide bonds. The number of H-pyrrole nitrogens is 1. The van der Waals surface area contributed by atoms with Crippen molar-refractivity contribution in [3.8, 4) is 0 Å². The van der Waals surface area contributed by atoms with Gasteiger partial charge in [0.1, 0.15) is 5.82 Å². The molecule has 2 aromatic heterocycles. The first-order valence-corrected chi connectivity index (χ1v) is 10.0. The smallest absolute Gasteiger partial charge is 0.276 e. The number of rotatable bonds is 5. The molecular formula is C23H27N5O. The van der Waals surface area contributed by atoms with Gasteiger partial charge in [-0.3, -0.25) is 9.69 Å². The largest absolute Gasteiger partial charge is 0.307 e. The molecule has 0 bridgehead atoms. The Bertz CT molecular complexity index is 1130. The average molecular weight is 390 g/mol. The molecule has 1 aromatic carbocycles. The van der Waals surface area contributed by atoms with Crippen molar-refractivity contribution in [2.75, 3.05) is 13.1 Å². The molecule has 1 aliphatic heterocycles. The van der Waals surface area contributed by atoms with Gasteiger partial charge in [0.05, 0.1) is 6.20 Å². The molecule has 1 saturated heterocycles. The van der Waals surface area contributed by atoms with Crippen LogP contribution >= 0.6 is 0 Å². The average Bonchev–Trinajstić information content (AvgIpc) is 3.31. The van der Waals surface area contributed by atoms with Gasteiger partial charge < -0.3 is 4.98 Å². The van der Waals surface area contributed by atoms with Crippen LogP contribution in [0.1, 0.15) is 43.9 Å². The van der Waals surface area contributed by atoms with E-state index in [9.17, 15) is 4.79 Å². The maximum atomic E-state index is 12.7. The van der Waals surface area contributed by atoms with E-state index in [2.05, 4.69) is 52.6 Å². The van der Waals surface area contributed by atoms with Gasteiger partial charge >= 0.3 is 0 Å². The van der Waals surface area contributed by atoms with Crippen LogP contribution in [0.4, 0.5) is 0 Å². The number of hydrogen-bond donors (Lipinski definition) is 1. The van der Waals surface area contributed by atoms with Crippen LogP contribution in [0.2, 0.25) is 0 Å². The third kappa shape index (κ3) is 3.68. The van der Waals surface area contributed by atoms with Crippen molar-refractivity contribution >= 4 is 11.1 Å². The fourth-order valence-corrected chi connectivity index (χ4v) is 4.06. The summed E-state index contributed by atoms with van der Waals surface area (Å²) in [7, 11) is 0. The number of likely N-dealkylation sites (tertiary alicyclic amines) is 1. The number of aromatic amines is 1. The predicted octanol–water partition coefficient (Wildman–Crippen LogP) is 3.63. The first kappa shape index (κ1) is 19.3. The lowest BCUT2D eigenvalue weighted by atomic mass is 9.97. The molecule has 4 rings (SSSR count). The molecular weight excluding hydrogens is 362 g/mol. The number of nitrogens with one attached hydrogen (secondary N) is 1. The van der Waals surface area contributed by atoms with Crippen molar-refractivity contribution in [2.24, 2.45) is 5.92 Å². The number of benzene rings is 1. The van der Waals surface area contributed by atoms with E-state index in [-0.39, 0.29) is 11.5 Å². The van der Waals surface area contributed by atoms with Gasteiger partial charge in [-0.1, -0.05) is 49.9 Å². The van der Waals surface area contributed by atoms with E-state index in [0.29, 0.717) is 17.3 Å². The summed E-state index contributed by atoms with van der Waals surface area (Å²) in [6.07, 6.45) is 3.38. The number of aromatic nitrogens is 4. The van der Waals surface area contributed by atoms with E-state index >= 15 is 0 Å². The SMILES string of the molecule is C=C/C(C)=C(\C)c1ncc2c(=O)[nH]c(C3CN(Cc4ccccc4)CC3C)nn12. The summed E-state index contributed by atoms with van der Waals surface area (Å²) in [4.78, 5) is 22.6. The fraction of sp³-hybridized carbons (Fsp3) is 0.348. The third-order valence-electron chi connectivity index (χ3n) is 5.94. The minimum Gasteiger partial charge on any atom is -0.307 e. The topological polar surface area (TPSA) is 66.3 Å². The second kappa shape index (κ2) is 7.79. The predicted molar refractivity (Wildman–Crippen MR) is 116 cm³/mol. The summed E-state index contributed by atoms with van der Waals surface area (Å²) in [5.41, 5.74) is 3.60. The van der Waals surface area contributed by atoms with Gasteiger partial charge in [-0.15, -0.1) is 0 Å². The van der Waals surface area contributed by atoms with Crippen molar-refractivity contribution in [1.82, 2.24) is 24.5 Å². The molecule has 1 fully saturated rings. The second-order valence-electron chi connectivity index (χ2n) is 7.99. The minimum atomic E-state index is -0.147. The van der Waals surface area contributed by atoms with Gasteiger partial charge in [0, 0.05) is 25.6 Å². The quantitative estimate of drug-likeness (QED) is 0.677. The summed E-state index contributed by atoms with van der Waals surface area (Å²) in [5, 5.41) is 4.81. The highest BCUT2D eigenvalue weighted by atomic mass is 16.1. The molecule has 6 heteroatoms. The number of imidazole rings is 1. The summed E-state index contributed by atoms with van der Waals surface area (Å²) < 4.78 is 1.68. The Morgan fingerprint density at radius 2 is 2.03 bits per heavy atom. The van der Waals surface area contributed by atoms with Gasteiger partial charge in [0.2, 0.25) is 0 Å². The Kier molecular flexibility index (Phi) is 5.20. The Morgan fingerprint density at radius 3 is 2.76 bits per heavy atom. The number of nitrogens with zero attached hydrogens (tertiary/aromatic N) is 4. The molecule has 3 heterocycles. The van der Waals surface area contributed by atoms with Crippen LogP contribution in [0, 0.1) is 5.92 Å². The normalized spacial score (nSPS) is 20.8. The number of allylic oxidation sites excluding steroid dienone is 3. The van der Waals surface area contributed by atoms with Gasteiger partial charge in [0.25, 0.3) is 5.56 Å². The Balaban J connectivity index is 1.67. The lowest BCUT2D eigenvalue weighted by Crippen LogP contribution is -2.23. The second-order valence-corrected chi connectivity index (χ2v) is 7.99. The maximum Gasteiger partial charge on any atom is 0.276 e. The number of hydrogen-bond acceptors (Lipinski definition) is 4. The maximum absolute atomic E-state index is 12.7. The highest BCUT2D eigenvalue weighted by Crippen LogP contribution is 2.31. The van der Waals surface area contributed by atoms with Crippen molar-refractivity contribution in [3.63, 3.8) is 0 Å². The molecule has 0 radical (unpaired) electrons. The van der Waals surface area contributed by atoms with E-state index in [0.717, 1.165) is 36.6 Å². The first-order valence-electron chi connectivity index (χ1n) is 10.0. The Morgan fingerprint density at radius 1 is 1.28 bits per heavy atom. The monoisotopic (exact) mass is 389 g/mol. The molecule has 29 heavy (non-hydrogen) atoms. The number of fused-ring (bicyclic) bond motifs is 1. The molecule has 1 aliphatic rings. The highest BCUT2D eigenvalue weighted by Gasteiger charge is 2.33. The third-order valence-corrected chi connectivity index (χ3v) is 5.94. The van der Waals surface area contributed by atoms with Gasteiger partial charge in [-0.2, -0.15) is 5.10 Å². The zero-order valence-electron chi connectivity index (χ0n) is 17.2. The van der Waals surface area contributed by atoms with E-state index in [1.165, 1.54) is 5.56 Å². The molecule has 0 spiro atoms. The van der Waals surface area contributed by atoms with Gasteiger partial charge in [-0.05, 0) is 36.5 Å². The molecule has 6 nitrogen and oxygen atoms in total. The van der Waals surface area contributed by atoms with Crippen molar-refractivity contribution < 1.29 is 0 Å². The molecule has 3 aromatic rings. The summed E-state index contributed by atoms with van der Waals surface area (Å²) in [6, 6.07) is 10.5. The Labute approximate surface area is 170 Å². The molecule has 1 N–H and O–H groups in total. The Hall–Kier alpha value is -2.99. The molecule has 0 saturated carbocycles. The minimum absolute atomic E-state index is 0.147. The van der Waals surface area contributed by atoms with E-state index in [1.54, 1.807) is 16.8 Å². The lowest BCUT2D eigenvalue weighted by Gasteiger charge is -2.16. The summed E-state index contributed by atoms with van der Waals surface area (Å²) in [5.74, 6) is 2.00. The van der Waals surface area contributed by atoms with Gasteiger partial charge in [-0.25, -0.2) is 9.50 Å². The van der Waals surface area contributed by atoms with Gasteiger partial charge in [0.15, 0.2) is 11.3 Å². The fourth-order valence-electron chi connectivity index (χ4n) is 4.06. The van der Waals surface area contributed by atoms with Crippen LogP contribution in [0.15, 0.2) is 59.6 Å². The van der Waals surface area contributed by atoms with Crippen molar-refractivity contribution in [2.45, 2.75) is 33.2 Å². The van der Waals surface area contributed by atoms with Crippen LogP contribution in [0.25, 0.3) is 11.1 Å². The van der Waals surface area contributed by atoms with Crippen LogP contribution in [-0.2, 0) is 6.54 Å². The van der Waals surface area contributed by atoms with E-state index in [4.69, 9.17) is 5.10 Å². The first-order chi connectivity index (χ1) is 14.0. The van der Waals surface area contributed by atoms with Crippen LogP contribution in [0.5, 0.6) is 0 Å². The lowest BCUT2D eigenvalue weighted by molar-refractivity contribution is 0.318. The highest BCUT2D eigenvalue weighted by molar-refractivity contribution is 5.66. The summed E-state index contributed by atoms with van der Waals surface area (Å²) >= 11 is 0. The van der Waals surface area contributed by atoms with Crippen LogP contribution < -0.4 is 5.56 Å². The van der Waals surface area contributed by atoms with E-state index < -0.39 is 0 Å². The zero-order valence-corrected chi connectivity index (χ0v) is 17.2. The summed E-state index contributed by atoms with van der Waals surface area (Å²) in [6.45, 7) is 12.8. The molecule has 150 valence electrons. The standard InChI is InChI=1S/C23H27N5O/c1-5-15(2)17(4)22-24-11-20-23(29)25-21(26-28(20)22)19-14-27(12-16(19)3)13-18-9-7-6-8-10-18/h5-11,16,19H,1,12-14H2,2-4H3,(H,25,26,29)/b17-15+. The molecule has 2 atom stereocenters. The zero-order chi connectivity index (χ0) is 20.5. The van der Waals surface area contributed by atoms with E-state index in [1.807, 2.05) is 19.9 Å². The van der Waals surface area contributed by atoms with Crippen molar-refractivity contribution in [1.29, 1.82) is 0 Å². The van der Waals surface area contributed by atoms with Crippen molar-refractivity contribution in [3.05, 3.63) is 82.3 Å². The van der Waals surface area contributed by atoms with Crippen LogP contribution in [-0.4, -0.2) is 37.6 Å².